The molecule has 1 nitrogen and oxygen atoms in total. The van der Waals surface area contributed by atoms with Crippen molar-refractivity contribution in [3.8, 4) is 5.75 Å². The van der Waals surface area contributed by atoms with E-state index in [1.807, 2.05) is 36.4 Å². The Morgan fingerprint density at radius 1 is 0.923 bits per heavy atom. The Morgan fingerprint density at radius 2 is 1.54 bits per heavy atom. The fraction of sp³-hybridized carbons (Fsp3) is 0. The van der Waals surface area contributed by atoms with Crippen LogP contribution in [0.5, 0.6) is 5.75 Å². The number of phenolic OH excluding ortho intramolecular Hbond substituents is 1. The van der Waals surface area contributed by atoms with Gasteiger partial charge in [-0.25, -0.2) is 0 Å². The standard InChI is InChI=1S/C10H8O.ClH.Zr/c11-10-7-3-5-8-4-1-2-6-9(8)10;;/h1-7,11H;1H;/q;;+1/p-1. The molecule has 0 aliphatic rings. The third-order valence-electron chi connectivity index (χ3n) is 1.77. The van der Waals surface area contributed by atoms with Gasteiger partial charge in [0.25, 0.3) is 0 Å². The van der Waals surface area contributed by atoms with E-state index in [0.717, 1.165) is 34.3 Å². The van der Waals surface area contributed by atoms with Crippen LogP contribution in [-0.2, 0) is 23.5 Å². The molecule has 2 aromatic carbocycles. The number of hydrogen-bond donors (Lipinski definition) is 1. The van der Waals surface area contributed by atoms with Gasteiger partial charge in [0, 0.05) is 5.39 Å². The van der Waals surface area contributed by atoms with E-state index in [4.69, 9.17) is 8.51 Å². The zero-order valence-electron chi connectivity index (χ0n) is 6.87. The average Bonchev–Trinajstić information content (AvgIpc) is 2.22. The summed E-state index contributed by atoms with van der Waals surface area (Å²) in [6.45, 7) is 0. The molecule has 0 aliphatic carbocycles. The molecule has 0 unspecified atom stereocenters. The van der Waals surface area contributed by atoms with Crippen molar-refractivity contribution >= 4 is 19.3 Å². The molecule has 0 saturated heterocycles. The van der Waals surface area contributed by atoms with Crippen LogP contribution in [0.15, 0.2) is 42.5 Å². The third-order valence-corrected chi connectivity index (χ3v) is 1.77. The van der Waals surface area contributed by atoms with E-state index in [-0.39, 0.29) is 0 Å². The normalized spacial score (nSPS) is 8.92. The molecule has 2 rings (SSSR count). The predicted molar refractivity (Wildman–Crippen MR) is 51.5 cm³/mol. The van der Waals surface area contributed by atoms with Crippen LogP contribution in [0.2, 0.25) is 0 Å². The van der Waals surface area contributed by atoms with Crippen LogP contribution in [0.1, 0.15) is 0 Å². The third kappa shape index (κ3) is 2.56. The van der Waals surface area contributed by atoms with Gasteiger partial charge in [-0.3, -0.25) is 0 Å². The number of rotatable bonds is 0. The molecule has 0 bridgehead atoms. The monoisotopic (exact) mass is 269 g/mol. The van der Waals surface area contributed by atoms with E-state index >= 15 is 0 Å². The Balaban J connectivity index is 0.000000396. The molecule has 65 valence electrons. The van der Waals surface area contributed by atoms with Gasteiger partial charge in [0.1, 0.15) is 5.75 Å². The zero-order chi connectivity index (χ0) is 9.68. The van der Waals surface area contributed by atoms with Gasteiger partial charge in [0.2, 0.25) is 0 Å². The van der Waals surface area contributed by atoms with E-state index in [1.54, 1.807) is 6.07 Å². The van der Waals surface area contributed by atoms with Crippen molar-refractivity contribution in [3.05, 3.63) is 42.5 Å². The van der Waals surface area contributed by atoms with E-state index in [2.05, 4.69) is 0 Å². The first-order chi connectivity index (χ1) is 6.38. The van der Waals surface area contributed by atoms with E-state index in [9.17, 15) is 5.11 Å². The summed E-state index contributed by atoms with van der Waals surface area (Å²) in [6.07, 6.45) is 0. The summed E-state index contributed by atoms with van der Waals surface area (Å²) in [7, 11) is 4.73. The molecule has 0 amide bonds. The first-order valence-electron chi connectivity index (χ1n) is 3.73. The van der Waals surface area contributed by atoms with Crippen molar-refractivity contribution in [1.82, 2.24) is 0 Å². The molecule has 0 aromatic heterocycles. The molecule has 1 N–H and O–H groups in total. The van der Waals surface area contributed by atoms with Gasteiger partial charge in [-0.2, -0.15) is 0 Å². The summed E-state index contributed by atoms with van der Waals surface area (Å²) < 4.78 is 0. The average molecular weight is 271 g/mol. The van der Waals surface area contributed by atoms with Crippen LogP contribution in [0.3, 0.4) is 0 Å². The van der Waals surface area contributed by atoms with E-state index < -0.39 is 0 Å². The Morgan fingerprint density at radius 3 is 2.23 bits per heavy atom. The molecule has 0 atom stereocenters. The fourth-order valence-electron chi connectivity index (χ4n) is 1.21. The molecule has 0 saturated carbocycles. The Labute approximate surface area is 95.7 Å². The number of halogens is 1. The summed E-state index contributed by atoms with van der Waals surface area (Å²) in [4.78, 5) is 0. The van der Waals surface area contributed by atoms with Crippen molar-refractivity contribution in [2.45, 2.75) is 0 Å². The first kappa shape index (κ1) is 10.8. The van der Waals surface area contributed by atoms with Crippen LogP contribution in [0.4, 0.5) is 0 Å². The number of fused-ring (bicyclic) bond motifs is 1. The van der Waals surface area contributed by atoms with Crippen molar-refractivity contribution in [3.63, 3.8) is 0 Å². The Bertz CT molecular complexity index is 384. The van der Waals surface area contributed by atoms with Crippen molar-refractivity contribution in [2.75, 3.05) is 0 Å². The summed E-state index contributed by atoms with van der Waals surface area (Å²) in [6, 6.07) is 13.3. The molecule has 0 heterocycles. The van der Waals surface area contributed by atoms with Gasteiger partial charge in [-0.15, -0.1) is 0 Å². The van der Waals surface area contributed by atoms with Crippen molar-refractivity contribution in [2.24, 2.45) is 0 Å². The van der Waals surface area contributed by atoms with Crippen molar-refractivity contribution in [1.29, 1.82) is 0 Å². The number of phenols is 1. The van der Waals surface area contributed by atoms with Gasteiger partial charge >= 0.3 is 32.0 Å². The minimum atomic E-state index is 0.350. The summed E-state index contributed by atoms with van der Waals surface area (Å²) in [5.41, 5.74) is 0. The molecule has 0 fully saturated rings. The SMILES string of the molecule is Oc1cccc2ccccc12.[Cl][Zr]. The van der Waals surface area contributed by atoms with Gasteiger partial charge in [-0.05, 0) is 11.5 Å². The molecular weight excluding hydrogens is 263 g/mol. The molecule has 0 aliphatic heterocycles. The summed E-state index contributed by atoms with van der Waals surface area (Å²) in [5, 5.41) is 11.4. The van der Waals surface area contributed by atoms with Crippen molar-refractivity contribution < 1.29 is 28.6 Å². The van der Waals surface area contributed by atoms with Crippen LogP contribution in [0.25, 0.3) is 10.8 Å². The van der Waals surface area contributed by atoms with Gasteiger partial charge in [-0.1, -0.05) is 36.4 Å². The quantitative estimate of drug-likeness (QED) is 0.779. The molecule has 0 radical (unpaired) electrons. The van der Waals surface area contributed by atoms with Gasteiger partial charge in [0.15, 0.2) is 0 Å². The van der Waals surface area contributed by atoms with Gasteiger partial charge < -0.3 is 5.11 Å². The maximum atomic E-state index is 9.37. The fourth-order valence-corrected chi connectivity index (χ4v) is 1.21. The molecule has 2 aromatic rings. The van der Waals surface area contributed by atoms with Crippen LogP contribution >= 0.6 is 8.51 Å². The predicted octanol–water partition coefficient (Wildman–Crippen LogP) is 3.23. The number of benzene rings is 2. The molecule has 13 heavy (non-hydrogen) atoms. The van der Waals surface area contributed by atoms with Crippen LogP contribution in [0, 0.1) is 0 Å². The second kappa shape index (κ2) is 5.41. The van der Waals surface area contributed by atoms with E-state index in [0.29, 0.717) is 5.75 Å². The number of aromatic hydroxyl groups is 1. The number of hydrogen-bond acceptors (Lipinski definition) is 1. The molecular formula is C10H8ClOZr. The molecule has 3 heteroatoms. The van der Waals surface area contributed by atoms with Gasteiger partial charge in [0.05, 0.1) is 0 Å². The van der Waals surface area contributed by atoms with Crippen LogP contribution < -0.4 is 0 Å². The van der Waals surface area contributed by atoms with Crippen LogP contribution in [-0.4, -0.2) is 5.11 Å². The minimum absolute atomic E-state index is 0.350. The Kier molecular flexibility index (Phi) is 4.48. The second-order valence-electron chi connectivity index (χ2n) is 2.50. The summed E-state index contributed by atoms with van der Waals surface area (Å²) in [5.74, 6) is 0.350. The van der Waals surface area contributed by atoms with E-state index in [1.165, 1.54) is 0 Å². The first-order valence-corrected chi connectivity index (χ1v) is 6.90. The molecule has 0 spiro atoms. The second-order valence-corrected chi connectivity index (χ2v) is 2.50. The zero-order valence-corrected chi connectivity index (χ0v) is 10.1. The maximum absolute atomic E-state index is 9.37. The topological polar surface area (TPSA) is 20.2 Å². The Hall–Kier alpha value is -0.327. The summed E-state index contributed by atoms with van der Waals surface area (Å²) >= 11 is 1.02.